The van der Waals surface area contributed by atoms with Gasteiger partial charge in [-0.05, 0) is 48.0 Å². The number of halogens is 4. The zero-order chi connectivity index (χ0) is 25.2. The first kappa shape index (κ1) is 23.8. The molecule has 3 aromatic carbocycles. The number of anilines is 3. The molecule has 5 aromatic rings. The number of pyridine rings is 1. The number of H-pyrrole nitrogens is 1. The largest absolute Gasteiger partial charge is 0.371 e. The maximum Gasteiger partial charge on any atom is 0.146 e. The van der Waals surface area contributed by atoms with Crippen LogP contribution in [0, 0.1) is 17.1 Å². The van der Waals surface area contributed by atoms with E-state index in [0.29, 0.717) is 43.0 Å². The molecule has 0 aliphatic carbocycles. The molecule has 2 heterocycles. The van der Waals surface area contributed by atoms with Crippen molar-refractivity contribution in [3.8, 4) is 6.07 Å². The molecule has 0 spiro atoms. The van der Waals surface area contributed by atoms with Gasteiger partial charge in [0.1, 0.15) is 17.6 Å². The first-order valence-electron chi connectivity index (χ1n) is 10.5. The summed E-state index contributed by atoms with van der Waals surface area (Å²) in [7, 11) is 0. The van der Waals surface area contributed by atoms with Crippen molar-refractivity contribution in [1.82, 2.24) is 20.4 Å². The fourth-order valence-corrected chi connectivity index (χ4v) is 4.33. The number of aromatic nitrogens is 4. The van der Waals surface area contributed by atoms with Crippen molar-refractivity contribution in [2.75, 3.05) is 10.6 Å². The van der Waals surface area contributed by atoms with Crippen LogP contribution in [-0.2, 0) is 0 Å². The quantitative estimate of drug-likeness (QED) is 0.210. The van der Waals surface area contributed by atoms with E-state index in [4.69, 9.17) is 34.8 Å². The maximum atomic E-state index is 14.5. The number of nitriles is 1. The Hall–Kier alpha value is -3.90. The van der Waals surface area contributed by atoms with E-state index in [1.54, 1.807) is 30.5 Å². The van der Waals surface area contributed by atoms with Crippen molar-refractivity contribution in [3.05, 3.63) is 105 Å². The maximum absolute atomic E-state index is 14.5. The van der Waals surface area contributed by atoms with Crippen molar-refractivity contribution in [3.63, 3.8) is 0 Å². The van der Waals surface area contributed by atoms with E-state index in [9.17, 15) is 9.65 Å². The number of aromatic amines is 1. The zero-order valence-corrected chi connectivity index (χ0v) is 20.5. The third kappa shape index (κ3) is 4.77. The summed E-state index contributed by atoms with van der Waals surface area (Å²) in [6.07, 6.45) is 3.02. The SMILES string of the molecule is N#Cc1cnc2c(N[C@@H](c3ccc(Cl)cc3)c3cn[nH]n3)cc(Cl)cc2c1Nc1cc(Cl)ccc1F. The van der Waals surface area contributed by atoms with Gasteiger partial charge in [-0.2, -0.15) is 20.7 Å². The molecule has 0 radical (unpaired) electrons. The minimum Gasteiger partial charge on any atom is -0.371 e. The molecule has 0 aliphatic rings. The summed E-state index contributed by atoms with van der Waals surface area (Å²) in [6, 6.07) is 16.5. The Morgan fingerprint density at radius 1 is 0.917 bits per heavy atom. The van der Waals surface area contributed by atoms with Gasteiger partial charge in [0, 0.05) is 26.7 Å². The standard InChI is InChI=1S/C25H15Cl3FN7/c26-15-3-1-13(2-4-15)24(22-12-32-36-35-22)34-21-9-17(28)7-18-23(14(10-30)11-31-25(18)21)33-20-8-16(27)5-6-19(20)29/h1-9,11-12,24,34H,(H,31,33)(H,32,35,36)/t24-/m0/s1. The van der Waals surface area contributed by atoms with Crippen LogP contribution in [0.4, 0.5) is 21.5 Å². The van der Waals surface area contributed by atoms with Crippen LogP contribution >= 0.6 is 34.8 Å². The van der Waals surface area contributed by atoms with Crippen LogP contribution in [0.3, 0.4) is 0 Å². The minimum absolute atomic E-state index is 0.114. The predicted octanol–water partition coefficient (Wildman–Crippen LogP) is 7.27. The molecule has 0 amide bonds. The second kappa shape index (κ2) is 9.99. The second-order valence-electron chi connectivity index (χ2n) is 7.78. The van der Waals surface area contributed by atoms with Crippen molar-refractivity contribution >= 4 is 62.8 Å². The molecule has 0 saturated carbocycles. The van der Waals surface area contributed by atoms with Crippen LogP contribution in [0.1, 0.15) is 22.9 Å². The normalized spacial score (nSPS) is 11.8. The summed E-state index contributed by atoms with van der Waals surface area (Å²) in [5.41, 5.74) is 3.24. The van der Waals surface area contributed by atoms with Gasteiger partial charge in [0.2, 0.25) is 0 Å². The van der Waals surface area contributed by atoms with Crippen molar-refractivity contribution in [2.45, 2.75) is 6.04 Å². The summed E-state index contributed by atoms with van der Waals surface area (Å²) in [4.78, 5) is 4.51. The molecule has 0 fully saturated rings. The number of hydrogen-bond acceptors (Lipinski definition) is 6. The molecule has 3 N–H and O–H groups in total. The molecular formula is C25H15Cl3FN7. The van der Waals surface area contributed by atoms with E-state index >= 15 is 0 Å². The number of benzene rings is 3. The molecule has 11 heteroatoms. The Morgan fingerprint density at radius 2 is 1.67 bits per heavy atom. The van der Waals surface area contributed by atoms with E-state index in [1.165, 1.54) is 24.4 Å². The lowest BCUT2D eigenvalue weighted by molar-refractivity contribution is 0.632. The lowest BCUT2D eigenvalue weighted by Gasteiger charge is -2.21. The summed E-state index contributed by atoms with van der Waals surface area (Å²) in [5.74, 6) is -0.525. The molecule has 178 valence electrons. The Bertz CT molecular complexity index is 1600. The number of nitrogens with zero attached hydrogens (tertiary/aromatic N) is 4. The Balaban J connectivity index is 1.65. The van der Waals surface area contributed by atoms with Gasteiger partial charge < -0.3 is 10.6 Å². The van der Waals surface area contributed by atoms with Crippen LogP contribution in [0.15, 0.2) is 67.0 Å². The minimum atomic E-state index is -0.525. The first-order chi connectivity index (χ1) is 17.4. The second-order valence-corrected chi connectivity index (χ2v) is 9.09. The molecule has 0 aliphatic heterocycles. The topological polar surface area (TPSA) is 102 Å². The van der Waals surface area contributed by atoms with Crippen LogP contribution < -0.4 is 10.6 Å². The molecular weight excluding hydrogens is 524 g/mol. The van der Waals surface area contributed by atoms with Gasteiger partial charge in [-0.25, -0.2) is 4.39 Å². The lowest BCUT2D eigenvalue weighted by atomic mass is 10.0. The zero-order valence-electron chi connectivity index (χ0n) is 18.2. The van der Waals surface area contributed by atoms with Gasteiger partial charge in [-0.1, -0.05) is 46.9 Å². The lowest BCUT2D eigenvalue weighted by Crippen LogP contribution is -2.13. The van der Waals surface area contributed by atoms with Gasteiger partial charge in [0.05, 0.1) is 40.4 Å². The van der Waals surface area contributed by atoms with Crippen LogP contribution in [0.25, 0.3) is 10.9 Å². The van der Waals surface area contributed by atoms with Crippen LogP contribution in [0.2, 0.25) is 15.1 Å². The summed E-state index contributed by atoms with van der Waals surface area (Å²) >= 11 is 18.6. The fraction of sp³-hybridized carbons (Fsp3) is 0.0400. The van der Waals surface area contributed by atoms with Gasteiger partial charge in [-0.15, -0.1) is 0 Å². The highest BCUT2D eigenvalue weighted by Gasteiger charge is 2.21. The highest BCUT2D eigenvalue weighted by Crippen LogP contribution is 2.38. The van der Waals surface area contributed by atoms with Gasteiger partial charge >= 0.3 is 0 Å². The predicted molar refractivity (Wildman–Crippen MR) is 139 cm³/mol. The Kier molecular flexibility index (Phi) is 6.61. The fourth-order valence-electron chi connectivity index (χ4n) is 3.81. The highest BCUT2D eigenvalue weighted by atomic mass is 35.5. The van der Waals surface area contributed by atoms with E-state index in [1.807, 2.05) is 12.1 Å². The van der Waals surface area contributed by atoms with E-state index < -0.39 is 11.9 Å². The molecule has 36 heavy (non-hydrogen) atoms. The molecule has 0 saturated heterocycles. The van der Waals surface area contributed by atoms with E-state index in [-0.39, 0.29) is 11.3 Å². The van der Waals surface area contributed by atoms with Gasteiger partial charge in [0.25, 0.3) is 0 Å². The number of nitrogens with one attached hydrogen (secondary N) is 3. The summed E-state index contributed by atoms with van der Waals surface area (Å²) in [6.45, 7) is 0. The van der Waals surface area contributed by atoms with Crippen LogP contribution in [0.5, 0.6) is 0 Å². The molecule has 0 unspecified atom stereocenters. The number of hydrogen-bond donors (Lipinski definition) is 3. The Labute approximate surface area is 219 Å². The highest BCUT2D eigenvalue weighted by molar-refractivity contribution is 6.32. The van der Waals surface area contributed by atoms with Crippen molar-refractivity contribution in [2.24, 2.45) is 0 Å². The van der Waals surface area contributed by atoms with Crippen molar-refractivity contribution in [1.29, 1.82) is 5.26 Å². The van der Waals surface area contributed by atoms with E-state index in [2.05, 4.69) is 37.1 Å². The molecule has 0 bridgehead atoms. The average Bonchev–Trinajstić information content (AvgIpc) is 3.40. The Morgan fingerprint density at radius 3 is 2.39 bits per heavy atom. The van der Waals surface area contributed by atoms with E-state index in [0.717, 1.165) is 5.56 Å². The smallest absolute Gasteiger partial charge is 0.146 e. The molecule has 1 atom stereocenters. The number of rotatable bonds is 6. The third-order valence-electron chi connectivity index (χ3n) is 5.48. The average molecular weight is 539 g/mol. The molecule has 5 rings (SSSR count). The van der Waals surface area contributed by atoms with Gasteiger partial charge in [0.15, 0.2) is 0 Å². The summed E-state index contributed by atoms with van der Waals surface area (Å²) in [5, 5.41) is 28.8. The molecule has 2 aromatic heterocycles. The number of fused-ring (bicyclic) bond motifs is 1. The monoisotopic (exact) mass is 537 g/mol. The van der Waals surface area contributed by atoms with Crippen LogP contribution in [-0.4, -0.2) is 20.4 Å². The van der Waals surface area contributed by atoms with Gasteiger partial charge in [-0.3, -0.25) is 4.98 Å². The molecule has 7 nitrogen and oxygen atoms in total. The first-order valence-corrected chi connectivity index (χ1v) is 11.7. The van der Waals surface area contributed by atoms with Crippen molar-refractivity contribution < 1.29 is 4.39 Å². The third-order valence-corrected chi connectivity index (χ3v) is 6.18. The summed E-state index contributed by atoms with van der Waals surface area (Å²) < 4.78 is 14.5.